The van der Waals surface area contributed by atoms with Crippen LogP contribution in [-0.2, 0) is 9.47 Å². The third-order valence-electron chi connectivity index (χ3n) is 1.82. The van der Waals surface area contributed by atoms with Gasteiger partial charge in [-0.25, -0.2) is 0 Å². The lowest BCUT2D eigenvalue weighted by Gasteiger charge is -2.34. The van der Waals surface area contributed by atoms with Crippen molar-refractivity contribution in [3.05, 3.63) is 0 Å². The second kappa shape index (κ2) is 3.45. The molecule has 1 saturated heterocycles. The Kier molecular flexibility index (Phi) is 2.78. The largest absolute Gasteiger partial charge is 0.352 e. The fourth-order valence-corrected chi connectivity index (χ4v) is 0.868. The average Bonchev–Trinajstić information content (AvgIpc) is 2.07. The monoisotopic (exact) mass is 166 g/mol. The van der Waals surface area contributed by atoms with Crippen LogP contribution in [0.1, 0.15) is 6.92 Å². The summed E-state index contributed by atoms with van der Waals surface area (Å²) in [7, 11) is 0. The minimum absolute atomic E-state index is 0.112. The molecular weight excluding hydrogens is 154 g/mol. The molecule has 1 fully saturated rings. The van der Waals surface area contributed by atoms with E-state index in [0.29, 0.717) is 0 Å². The fraction of sp³-hybridized carbons (Fsp3) is 1.00. The molecule has 66 valence electrons. The van der Waals surface area contributed by atoms with Crippen molar-refractivity contribution in [2.24, 2.45) is 5.41 Å². The minimum Gasteiger partial charge on any atom is -0.352 e. The summed E-state index contributed by atoms with van der Waals surface area (Å²) in [4.78, 5) is 0. The summed E-state index contributed by atoms with van der Waals surface area (Å²) >= 11 is 0. The maximum Gasteiger partial charge on any atom is 0.154 e. The quantitative estimate of drug-likeness (QED) is 0.615. The van der Waals surface area contributed by atoms with Gasteiger partial charge in [0.05, 0.1) is 18.6 Å². The van der Waals surface area contributed by atoms with Crippen molar-refractivity contribution in [1.29, 1.82) is 0 Å². The summed E-state index contributed by atoms with van der Waals surface area (Å²) in [6.07, 6.45) is -0.332. The van der Waals surface area contributed by atoms with E-state index in [4.69, 9.17) is 9.47 Å². The first-order valence-corrected chi connectivity index (χ1v) is 3.57. The zero-order valence-corrected chi connectivity index (χ0v) is 6.48. The first-order chi connectivity index (χ1) is 5.22. The highest BCUT2D eigenvalue weighted by atomic mass is 19.1. The van der Waals surface area contributed by atoms with Crippen LogP contribution in [0.4, 0.5) is 8.78 Å². The molecule has 0 amide bonds. The van der Waals surface area contributed by atoms with Gasteiger partial charge in [-0.3, -0.25) is 8.78 Å². The smallest absolute Gasteiger partial charge is 0.154 e. The van der Waals surface area contributed by atoms with E-state index < -0.39 is 18.8 Å². The first-order valence-electron chi connectivity index (χ1n) is 3.57. The molecule has 1 rings (SSSR count). The van der Waals surface area contributed by atoms with Crippen molar-refractivity contribution in [2.45, 2.75) is 13.2 Å². The van der Waals surface area contributed by atoms with Crippen molar-refractivity contribution in [3.8, 4) is 0 Å². The zero-order chi connectivity index (χ0) is 8.32. The Morgan fingerprint density at radius 2 is 1.73 bits per heavy atom. The van der Waals surface area contributed by atoms with Crippen molar-refractivity contribution in [2.75, 3.05) is 26.6 Å². The molecular formula is C7H12F2O2. The molecule has 2 nitrogen and oxygen atoms in total. The van der Waals surface area contributed by atoms with Crippen LogP contribution in [0.25, 0.3) is 0 Å². The van der Waals surface area contributed by atoms with E-state index in [0.717, 1.165) is 0 Å². The summed E-state index contributed by atoms with van der Waals surface area (Å²) < 4.78 is 34.5. The average molecular weight is 166 g/mol. The lowest BCUT2D eigenvalue weighted by atomic mass is 9.93. The van der Waals surface area contributed by atoms with E-state index in [1.54, 1.807) is 6.92 Å². The predicted molar refractivity (Wildman–Crippen MR) is 35.7 cm³/mol. The maximum atomic E-state index is 12.3. The fourth-order valence-electron chi connectivity index (χ4n) is 0.868. The molecule has 0 unspecified atom stereocenters. The summed E-state index contributed by atoms with van der Waals surface area (Å²) in [5, 5.41) is 0. The summed E-state index contributed by atoms with van der Waals surface area (Å²) in [6.45, 7) is 0.481. The van der Waals surface area contributed by atoms with Crippen molar-refractivity contribution in [3.63, 3.8) is 0 Å². The molecule has 1 aliphatic rings. The summed E-state index contributed by atoms with van der Waals surface area (Å²) in [6, 6.07) is 0. The molecule has 1 heterocycles. The number of halogens is 2. The topological polar surface area (TPSA) is 18.5 Å². The van der Waals surface area contributed by atoms with Crippen LogP contribution in [0.5, 0.6) is 0 Å². The van der Waals surface area contributed by atoms with Crippen LogP contribution in [0.2, 0.25) is 0 Å². The highest BCUT2D eigenvalue weighted by Gasteiger charge is 2.36. The lowest BCUT2D eigenvalue weighted by molar-refractivity contribution is -0.226. The molecule has 0 aliphatic carbocycles. The molecule has 1 aliphatic heterocycles. The van der Waals surface area contributed by atoms with Gasteiger partial charge in [-0.15, -0.1) is 0 Å². The maximum absolute atomic E-state index is 12.3. The van der Waals surface area contributed by atoms with Gasteiger partial charge >= 0.3 is 0 Å². The molecule has 0 radical (unpaired) electrons. The Morgan fingerprint density at radius 3 is 2.09 bits per heavy atom. The Morgan fingerprint density at radius 1 is 1.27 bits per heavy atom. The van der Waals surface area contributed by atoms with Crippen LogP contribution in [0.15, 0.2) is 0 Å². The van der Waals surface area contributed by atoms with Crippen molar-refractivity contribution >= 4 is 0 Å². The lowest BCUT2D eigenvalue weighted by Crippen LogP contribution is -2.44. The zero-order valence-electron chi connectivity index (χ0n) is 6.48. The molecule has 0 aromatic carbocycles. The van der Waals surface area contributed by atoms with Crippen LogP contribution in [0.3, 0.4) is 0 Å². The molecule has 0 aromatic rings. The van der Waals surface area contributed by atoms with E-state index in [1.165, 1.54) is 0 Å². The van der Waals surface area contributed by atoms with E-state index in [9.17, 15) is 8.78 Å². The van der Waals surface area contributed by atoms with Crippen molar-refractivity contribution in [1.82, 2.24) is 0 Å². The van der Waals surface area contributed by atoms with Gasteiger partial charge in [0.1, 0.15) is 13.3 Å². The third-order valence-corrected chi connectivity index (χ3v) is 1.82. The second-order valence-corrected chi connectivity index (χ2v) is 2.96. The normalized spacial score (nSPS) is 25.4. The standard InChI is InChI=1S/C7H12F2O2/c1-6-10-4-7(2-8,3-9)5-11-6/h6H,2-5H2,1H3. The minimum atomic E-state index is -1.04. The molecule has 0 atom stereocenters. The Balaban J connectivity index is 2.45. The summed E-state index contributed by atoms with van der Waals surface area (Å²) in [5.74, 6) is 0. The summed E-state index contributed by atoms with van der Waals surface area (Å²) in [5.41, 5.74) is -1.04. The van der Waals surface area contributed by atoms with E-state index in [-0.39, 0.29) is 19.5 Å². The first kappa shape index (κ1) is 8.87. The number of rotatable bonds is 2. The molecule has 0 spiro atoms. The van der Waals surface area contributed by atoms with E-state index in [1.807, 2.05) is 0 Å². The third kappa shape index (κ3) is 1.87. The van der Waals surface area contributed by atoms with Gasteiger partial charge in [-0.05, 0) is 6.92 Å². The highest BCUT2D eigenvalue weighted by molar-refractivity contribution is 4.80. The Bertz CT molecular complexity index is 116. The van der Waals surface area contributed by atoms with Gasteiger partial charge < -0.3 is 9.47 Å². The van der Waals surface area contributed by atoms with Gasteiger partial charge in [0.15, 0.2) is 6.29 Å². The van der Waals surface area contributed by atoms with Gasteiger partial charge in [0.25, 0.3) is 0 Å². The number of alkyl halides is 2. The van der Waals surface area contributed by atoms with Gasteiger partial charge in [-0.2, -0.15) is 0 Å². The number of hydrogen-bond acceptors (Lipinski definition) is 2. The predicted octanol–water partition coefficient (Wildman–Crippen LogP) is 1.30. The second-order valence-electron chi connectivity index (χ2n) is 2.96. The molecule has 0 bridgehead atoms. The molecule has 0 saturated carbocycles. The SMILES string of the molecule is CC1OCC(CF)(CF)CO1. The van der Waals surface area contributed by atoms with Crippen LogP contribution < -0.4 is 0 Å². The van der Waals surface area contributed by atoms with Crippen LogP contribution in [-0.4, -0.2) is 32.9 Å². The Hall–Kier alpha value is -0.220. The number of hydrogen-bond donors (Lipinski definition) is 0. The van der Waals surface area contributed by atoms with Crippen LogP contribution >= 0.6 is 0 Å². The van der Waals surface area contributed by atoms with Gasteiger partial charge in [0, 0.05) is 0 Å². The highest BCUT2D eigenvalue weighted by Crippen LogP contribution is 2.25. The molecule has 0 N–H and O–H groups in total. The van der Waals surface area contributed by atoms with Crippen LogP contribution in [0, 0.1) is 5.41 Å². The number of ether oxygens (including phenoxy) is 2. The van der Waals surface area contributed by atoms with Crippen molar-refractivity contribution < 1.29 is 18.3 Å². The van der Waals surface area contributed by atoms with Gasteiger partial charge in [0.2, 0.25) is 0 Å². The molecule has 11 heavy (non-hydrogen) atoms. The van der Waals surface area contributed by atoms with E-state index >= 15 is 0 Å². The molecule has 0 aromatic heterocycles. The molecule has 4 heteroatoms. The van der Waals surface area contributed by atoms with Gasteiger partial charge in [-0.1, -0.05) is 0 Å². The van der Waals surface area contributed by atoms with E-state index in [2.05, 4.69) is 0 Å². The Labute approximate surface area is 64.5 Å².